The molecule has 1 saturated heterocycles. The highest BCUT2D eigenvalue weighted by molar-refractivity contribution is 7.89. The first-order valence-corrected chi connectivity index (χ1v) is 10.1. The largest absolute Gasteiger partial charge is 0.379 e. The Kier molecular flexibility index (Phi) is 4.53. The van der Waals surface area contributed by atoms with Gasteiger partial charge in [-0.3, -0.25) is 4.98 Å². The van der Waals surface area contributed by atoms with Crippen LogP contribution in [0.25, 0.3) is 22.6 Å². The van der Waals surface area contributed by atoms with Crippen LogP contribution in [0.4, 0.5) is 5.82 Å². The Morgan fingerprint density at radius 3 is 2.78 bits per heavy atom. The maximum atomic E-state index is 13.1. The molecule has 0 radical (unpaired) electrons. The van der Waals surface area contributed by atoms with Crippen molar-refractivity contribution in [3.63, 3.8) is 0 Å². The first-order valence-electron chi connectivity index (χ1n) is 8.67. The van der Waals surface area contributed by atoms with Crippen molar-refractivity contribution in [3.05, 3.63) is 12.4 Å². The molecule has 0 bridgehead atoms. The van der Waals surface area contributed by atoms with E-state index in [1.54, 1.807) is 4.57 Å². The minimum Gasteiger partial charge on any atom is -0.379 e. The lowest BCUT2D eigenvalue weighted by atomic mass is 10.1. The molecule has 1 fully saturated rings. The number of nitrogens with two attached hydrogens (primary N) is 1. The molecule has 0 atom stereocenters. The van der Waals surface area contributed by atoms with Crippen molar-refractivity contribution >= 4 is 26.9 Å². The molecule has 4 rings (SSSR count). The van der Waals surface area contributed by atoms with Crippen molar-refractivity contribution in [2.24, 2.45) is 0 Å². The summed E-state index contributed by atoms with van der Waals surface area (Å²) in [7, 11) is -3.78. The van der Waals surface area contributed by atoms with Gasteiger partial charge >= 0.3 is 0 Å². The van der Waals surface area contributed by atoms with Crippen LogP contribution in [0.15, 0.2) is 21.9 Å². The molecule has 0 saturated carbocycles. The lowest BCUT2D eigenvalue weighted by molar-refractivity contribution is 0.310. The minimum absolute atomic E-state index is 0.0779. The Hall–Kier alpha value is -2.57. The number of aromatic nitrogens is 5. The van der Waals surface area contributed by atoms with Gasteiger partial charge in [0.1, 0.15) is 10.4 Å². The Morgan fingerprint density at radius 2 is 2.11 bits per heavy atom. The number of fused-ring (bicyclic) bond motifs is 1. The zero-order valence-corrected chi connectivity index (χ0v) is 15.5. The number of nitrogens with zero attached hydrogens (tertiary/aromatic N) is 5. The quantitative estimate of drug-likeness (QED) is 0.549. The van der Waals surface area contributed by atoms with Gasteiger partial charge in [0.05, 0.1) is 11.7 Å². The van der Waals surface area contributed by atoms with Crippen LogP contribution in [0, 0.1) is 0 Å². The lowest BCUT2D eigenvalue weighted by Gasteiger charge is -2.23. The van der Waals surface area contributed by atoms with Crippen LogP contribution in [0.1, 0.15) is 19.8 Å². The third-order valence-electron chi connectivity index (χ3n) is 4.61. The average molecular weight is 392 g/mol. The maximum Gasteiger partial charge on any atom is 0.244 e. The predicted octanol–water partition coefficient (Wildman–Crippen LogP) is 0.114. The number of rotatable bonds is 5. The number of sulfonamides is 1. The maximum absolute atomic E-state index is 13.1. The third-order valence-corrected chi connectivity index (χ3v) is 6.13. The summed E-state index contributed by atoms with van der Waals surface area (Å²) in [6.45, 7) is 3.90. The number of nitrogen functional groups attached to an aromatic ring is 1. The Morgan fingerprint density at radius 1 is 1.33 bits per heavy atom. The van der Waals surface area contributed by atoms with Crippen LogP contribution in [-0.2, 0) is 16.6 Å². The summed E-state index contributed by atoms with van der Waals surface area (Å²) in [6.07, 6.45) is 4.33. The van der Waals surface area contributed by atoms with Gasteiger partial charge < -0.3 is 15.6 Å². The van der Waals surface area contributed by atoms with Crippen molar-refractivity contribution in [2.75, 3.05) is 18.8 Å². The number of imidazole rings is 1. The molecule has 12 heteroatoms. The van der Waals surface area contributed by atoms with Crippen LogP contribution in [0.3, 0.4) is 0 Å². The van der Waals surface area contributed by atoms with E-state index in [1.165, 1.54) is 12.4 Å². The molecule has 3 aromatic rings. The number of piperidine rings is 1. The highest BCUT2D eigenvalue weighted by atomic mass is 32.2. The average Bonchev–Trinajstić information content (AvgIpc) is 3.24. The van der Waals surface area contributed by atoms with E-state index < -0.39 is 10.0 Å². The molecular formula is C15H20N8O3S. The smallest absolute Gasteiger partial charge is 0.244 e. The van der Waals surface area contributed by atoms with E-state index in [9.17, 15) is 8.42 Å². The number of aryl methyl sites for hydroxylation is 1. The van der Waals surface area contributed by atoms with Crippen molar-refractivity contribution in [1.82, 2.24) is 34.9 Å². The molecule has 0 amide bonds. The molecule has 0 aromatic carbocycles. The second-order valence-electron chi connectivity index (χ2n) is 6.33. The minimum atomic E-state index is -3.78. The number of nitrogens with one attached hydrogen (secondary N) is 2. The van der Waals surface area contributed by atoms with Crippen LogP contribution in [0.2, 0.25) is 0 Å². The fourth-order valence-corrected chi connectivity index (χ4v) is 4.79. The Balaban J connectivity index is 1.84. The second kappa shape index (κ2) is 6.87. The van der Waals surface area contributed by atoms with E-state index in [2.05, 4.69) is 34.9 Å². The summed E-state index contributed by atoms with van der Waals surface area (Å²) in [5, 5.41) is 10.6. The zero-order chi connectivity index (χ0) is 19.0. The van der Waals surface area contributed by atoms with Gasteiger partial charge in [0.25, 0.3) is 0 Å². The summed E-state index contributed by atoms with van der Waals surface area (Å²) in [5.41, 5.74) is 6.94. The molecule has 1 aliphatic rings. The normalized spacial score (nSPS) is 16.2. The fourth-order valence-electron chi connectivity index (χ4n) is 3.32. The first-order chi connectivity index (χ1) is 13.0. The Bertz CT molecular complexity index is 1070. The summed E-state index contributed by atoms with van der Waals surface area (Å²) < 4.78 is 35.3. The molecule has 4 N–H and O–H groups in total. The van der Waals surface area contributed by atoms with E-state index in [0.717, 1.165) is 25.9 Å². The molecule has 1 aliphatic heterocycles. The lowest BCUT2D eigenvalue weighted by Crippen LogP contribution is -2.42. The SMILES string of the molecule is CCn1c(-c2nonc2N)nc2cncc(S(=O)(=O)NC3CCNCC3)c21. The summed E-state index contributed by atoms with van der Waals surface area (Å²) in [5.74, 6) is 0.475. The third kappa shape index (κ3) is 3.15. The van der Waals surface area contributed by atoms with E-state index in [-0.39, 0.29) is 22.4 Å². The van der Waals surface area contributed by atoms with Gasteiger partial charge in [0.15, 0.2) is 17.3 Å². The van der Waals surface area contributed by atoms with Gasteiger partial charge in [-0.1, -0.05) is 0 Å². The van der Waals surface area contributed by atoms with Gasteiger partial charge in [-0.15, -0.1) is 0 Å². The topological polar surface area (TPSA) is 154 Å². The monoisotopic (exact) mass is 392 g/mol. The molecule has 0 unspecified atom stereocenters. The molecule has 27 heavy (non-hydrogen) atoms. The summed E-state index contributed by atoms with van der Waals surface area (Å²) in [6, 6.07) is -0.112. The Labute approximate surface area is 155 Å². The first kappa shape index (κ1) is 17.8. The van der Waals surface area contributed by atoms with E-state index >= 15 is 0 Å². The van der Waals surface area contributed by atoms with Gasteiger partial charge in [0, 0.05) is 18.8 Å². The number of pyridine rings is 1. The number of hydrogen-bond acceptors (Lipinski definition) is 9. The highest BCUT2D eigenvalue weighted by Crippen LogP contribution is 2.30. The molecule has 4 heterocycles. The number of anilines is 1. The zero-order valence-electron chi connectivity index (χ0n) is 14.7. The predicted molar refractivity (Wildman–Crippen MR) is 97.1 cm³/mol. The molecular weight excluding hydrogens is 372 g/mol. The molecule has 3 aromatic heterocycles. The molecule has 11 nitrogen and oxygen atoms in total. The van der Waals surface area contributed by atoms with Crippen LogP contribution >= 0.6 is 0 Å². The van der Waals surface area contributed by atoms with Gasteiger partial charge in [-0.05, 0) is 43.2 Å². The van der Waals surface area contributed by atoms with Gasteiger partial charge in [-0.2, -0.15) is 0 Å². The van der Waals surface area contributed by atoms with Crippen LogP contribution in [0.5, 0.6) is 0 Å². The highest BCUT2D eigenvalue weighted by Gasteiger charge is 2.28. The molecule has 0 spiro atoms. The standard InChI is InChI=1S/C15H20N8O3S/c1-2-23-13-10(19-15(23)12-14(16)21-26-20-12)7-18-8-11(13)27(24,25)22-9-3-5-17-6-4-9/h7-9,17,22H,2-6H2,1H3,(H2,16,21). The molecule has 0 aliphatic carbocycles. The van der Waals surface area contributed by atoms with Crippen molar-refractivity contribution in [2.45, 2.75) is 37.2 Å². The van der Waals surface area contributed by atoms with Crippen molar-refractivity contribution in [3.8, 4) is 11.5 Å². The molecule has 144 valence electrons. The van der Waals surface area contributed by atoms with Crippen LogP contribution < -0.4 is 15.8 Å². The second-order valence-corrected chi connectivity index (χ2v) is 8.01. The van der Waals surface area contributed by atoms with E-state index in [1.807, 2.05) is 6.92 Å². The van der Waals surface area contributed by atoms with Crippen molar-refractivity contribution < 1.29 is 13.0 Å². The van der Waals surface area contributed by atoms with E-state index in [0.29, 0.717) is 23.4 Å². The van der Waals surface area contributed by atoms with Gasteiger partial charge in [0.2, 0.25) is 10.0 Å². The number of hydrogen-bond donors (Lipinski definition) is 3. The summed E-state index contributed by atoms with van der Waals surface area (Å²) >= 11 is 0. The van der Waals surface area contributed by atoms with Gasteiger partial charge in [-0.25, -0.2) is 22.8 Å². The summed E-state index contributed by atoms with van der Waals surface area (Å²) in [4.78, 5) is 8.61. The van der Waals surface area contributed by atoms with Crippen LogP contribution in [-0.4, -0.2) is 52.4 Å². The van der Waals surface area contributed by atoms with Crippen molar-refractivity contribution in [1.29, 1.82) is 0 Å². The fraction of sp³-hybridized carbons (Fsp3) is 0.467. The van der Waals surface area contributed by atoms with E-state index in [4.69, 9.17) is 5.73 Å².